The molecule has 0 saturated carbocycles. The van der Waals surface area contributed by atoms with Crippen LogP contribution in [0, 0.1) is 19.8 Å². The Bertz CT molecular complexity index is 564. The molecule has 19 heavy (non-hydrogen) atoms. The second kappa shape index (κ2) is 5.48. The van der Waals surface area contributed by atoms with Crippen LogP contribution in [0.5, 0.6) is 0 Å². The molecule has 2 heterocycles. The first-order valence-electron chi connectivity index (χ1n) is 6.41. The van der Waals surface area contributed by atoms with E-state index >= 15 is 0 Å². The normalized spacial score (nSPS) is 12.9. The first kappa shape index (κ1) is 13.7. The minimum absolute atomic E-state index is 0.162. The smallest absolute Gasteiger partial charge is 0.229 e. The molecule has 2 rings (SSSR count). The highest BCUT2D eigenvalue weighted by Gasteiger charge is 2.17. The summed E-state index contributed by atoms with van der Waals surface area (Å²) in [6.07, 6.45) is 1.68. The van der Waals surface area contributed by atoms with E-state index in [4.69, 9.17) is 4.52 Å². The van der Waals surface area contributed by atoms with E-state index in [0.29, 0.717) is 18.1 Å². The first-order valence-corrected chi connectivity index (χ1v) is 6.41. The molecule has 0 bridgehead atoms. The molecule has 0 radical (unpaired) electrons. The number of aliphatic hydroxyl groups is 1. The third-order valence-corrected chi connectivity index (χ3v) is 3.05. The second-order valence-electron chi connectivity index (χ2n) is 5.21. The van der Waals surface area contributed by atoms with Gasteiger partial charge in [0.05, 0.1) is 12.5 Å². The van der Waals surface area contributed by atoms with E-state index < -0.39 is 6.10 Å². The van der Waals surface area contributed by atoms with Gasteiger partial charge in [0.15, 0.2) is 0 Å². The van der Waals surface area contributed by atoms with Crippen molar-refractivity contribution in [3.63, 3.8) is 0 Å². The van der Waals surface area contributed by atoms with Crippen molar-refractivity contribution in [2.45, 2.75) is 40.2 Å². The number of hydrogen-bond acceptors (Lipinski definition) is 5. The van der Waals surface area contributed by atoms with Gasteiger partial charge >= 0.3 is 0 Å². The molecule has 0 aliphatic carbocycles. The van der Waals surface area contributed by atoms with E-state index in [-0.39, 0.29) is 5.92 Å². The summed E-state index contributed by atoms with van der Waals surface area (Å²) in [5.41, 5.74) is 2.83. The van der Waals surface area contributed by atoms with E-state index in [1.54, 1.807) is 6.20 Å². The van der Waals surface area contributed by atoms with Crippen LogP contribution in [-0.2, 0) is 6.42 Å². The molecule has 5 heteroatoms. The van der Waals surface area contributed by atoms with Gasteiger partial charge in [-0.15, -0.1) is 0 Å². The van der Waals surface area contributed by atoms with Crippen LogP contribution in [-0.4, -0.2) is 26.3 Å². The van der Waals surface area contributed by atoms with Gasteiger partial charge in [-0.05, 0) is 30.9 Å². The summed E-state index contributed by atoms with van der Waals surface area (Å²) in [6.45, 7) is 7.86. The minimum Gasteiger partial charge on any atom is -0.392 e. The lowest BCUT2D eigenvalue weighted by atomic mass is 10.0. The molecule has 0 amide bonds. The Labute approximate surface area is 112 Å². The lowest BCUT2D eigenvalue weighted by Crippen LogP contribution is -2.17. The number of rotatable bonds is 4. The maximum Gasteiger partial charge on any atom is 0.229 e. The largest absolute Gasteiger partial charge is 0.392 e. The highest BCUT2D eigenvalue weighted by molar-refractivity contribution is 5.53. The summed E-state index contributed by atoms with van der Waals surface area (Å²) in [5, 5.41) is 13.7. The summed E-state index contributed by atoms with van der Waals surface area (Å²) < 4.78 is 5.16. The van der Waals surface area contributed by atoms with Gasteiger partial charge in [-0.2, -0.15) is 4.98 Å². The number of nitrogens with zero attached hydrogens (tertiary/aromatic N) is 3. The van der Waals surface area contributed by atoms with Gasteiger partial charge in [0.1, 0.15) is 5.69 Å². The van der Waals surface area contributed by atoms with Crippen molar-refractivity contribution in [1.29, 1.82) is 0 Å². The predicted octanol–water partition coefficient (Wildman–Crippen LogP) is 2.31. The third-order valence-electron chi connectivity index (χ3n) is 3.05. The molecule has 1 N–H and O–H groups in total. The SMILES string of the molecule is Cc1cnc(-c2noc(CC(O)C(C)C)n2)c(C)c1. The second-order valence-corrected chi connectivity index (χ2v) is 5.21. The van der Waals surface area contributed by atoms with E-state index in [0.717, 1.165) is 16.8 Å². The van der Waals surface area contributed by atoms with Gasteiger partial charge in [0, 0.05) is 6.20 Å². The molecule has 0 spiro atoms. The van der Waals surface area contributed by atoms with Crippen molar-refractivity contribution in [2.24, 2.45) is 5.92 Å². The fraction of sp³-hybridized carbons (Fsp3) is 0.500. The molecule has 0 aliphatic rings. The summed E-state index contributed by atoms with van der Waals surface area (Å²) in [6, 6.07) is 2.03. The molecule has 1 atom stereocenters. The number of aryl methyl sites for hydroxylation is 2. The van der Waals surface area contributed by atoms with Crippen LogP contribution >= 0.6 is 0 Å². The van der Waals surface area contributed by atoms with Crippen molar-refractivity contribution in [1.82, 2.24) is 15.1 Å². The summed E-state index contributed by atoms with van der Waals surface area (Å²) in [7, 11) is 0. The Hall–Kier alpha value is -1.75. The lowest BCUT2D eigenvalue weighted by Gasteiger charge is -2.10. The van der Waals surface area contributed by atoms with Crippen LogP contribution in [0.2, 0.25) is 0 Å². The van der Waals surface area contributed by atoms with Gasteiger partial charge in [0.25, 0.3) is 0 Å². The van der Waals surface area contributed by atoms with E-state index in [1.807, 2.05) is 33.8 Å². The zero-order chi connectivity index (χ0) is 14.0. The number of pyridine rings is 1. The molecule has 0 aromatic carbocycles. The Morgan fingerprint density at radius 2 is 2.05 bits per heavy atom. The Kier molecular flexibility index (Phi) is 3.95. The van der Waals surface area contributed by atoms with Crippen LogP contribution in [0.4, 0.5) is 0 Å². The average Bonchev–Trinajstić information content (AvgIpc) is 2.77. The van der Waals surface area contributed by atoms with Crippen molar-refractivity contribution >= 4 is 0 Å². The maximum atomic E-state index is 9.81. The molecule has 0 saturated heterocycles. The summed E-state index contributed by atoms with van der Waals surface area (Å²) in [4.78, 5) is 8.62. The molecule has 5 nitrogen and oxygen atoms in total. The zero-order valence-corrected chi connectivity index (χ0v) is 11.7. The quantitative estimate of drug-likeness (QED) is 0.914. The van der Waals surface area contributed by atoms with Crippen molar-refractivity contribution in [3.05, 3.63) is 29.3 Å². The van der Waals surface area contributed by atoms with Crippen LogP contribution < -0.4 is 0 Å². The summed E-state index contributed by atoms with van der Waals surface area (Å²) >= 11 is 0. The highest BCUT2D eigenvalue weighted by atomic mass is 16.5. The van der Waals surface area contributed by atoms with Crippen molar-refractivity contribution in [3.8, 4) is 11.5 Å². The van der Waals surface area contributed by atoms with Gasteiger partial charge in [-0.1, -0.05) is 25.1 Å². The number of aliphatic hydroxyl groups excluding tert-OH is 1. The van der Waals surface area contributed by atoms with E-state index in [1.165, 1.54) is 0 Å². The molecular formula is C14H19N3O2. The van der Waals surface area contributed by atoms with E-state index in [2.05, 4.69) is 15.1 Å². The molecule has 0 fully saturated rings. The molecule has 1 unspecified atom stereocenters. The number of hydrogen-bond donors (Lipinski definition) is 1. The standard InChI is InChI=1S/C14H19N3O2/c1-8(2)11(18)6-12-16-14(17-19-12)13-10(4)5-9(3)7-15-13/h5,7-8,11,18H,6H2,1-4H3. The van der Waals surface area contributed by atoms with Crippen LogP contribution in [0.15, 0.2) is 16.8 Å². The third kappa shape index (κ3) is 3.17. The fourth-order valence-electron chi connectivity index (χ4n) is 1.80. The van der Waals surface area contributed by atoms with Gasteiger partial charge in [0.2, 0.25) is 11.7 Å². The van der Waals surface area contributed by atoms with Gasteiger partial charge in [-0.3, -0.25) is 4.98 Å². The highest BCUT2D eigenvalue weighted by Crippen LogP contribution is 2.19. The Balaban J connectivity index is 2.21. The van der Waals surface area contributed by atoms with Gasteiger partial charge in [-0.25, -0.2) is 0 Å². The Morgan fingerprint density at radius 3 is 2.68 bits per heavy atom. The topological polar surface area (TPSA) is 72.0 Å². The van der Waals surface area contributed by atoms with Crippen LogP contribution in [0.25, 0.3) is 11.5 Å². The minimum atomic E-state index is -0.472. The van der Waals surface area contributed by atoms with E-state index in [9.17, 15) is 5.11 Å². The molecule has 2 aromatic rings. The van der Waals surface area contributed by atoms with Crippen LogP contribution in [0.3, 0.4) is 0 Å². The molecule has 0 aliphatic heterocycles. The molecular weight excluding hydrogens is 242 g/mol. The fourth-order valence-corrected chi connectivity index (χ4v) is 1.80. The maximum absolute atomic E-state index is 9.81. The first-order chi connectivity index (χ1) is 8.97. The lowest BCUT2D eigenvalue weighted by molar-refractivity contribution is 0.116. The molecule has 2 aromatic heterocycles. The van der Waals surface area contributed by atoms with Crippen LogP contribution in [0.1, 0.15) is 30.9 Å². The predicted molar refractivity (Wildman–Crippen MR) is 71.6 cm³/mol. The molecule has 102 valence electrons. The monoisotopic (exact) mass is 261 g/mol. The van der Waals surface area contributed by atoms with Crippen molar-refractivity contribution in [2.75, 3.05) is 0 Å². The van der Waals surface area contributed by atoms with Crippen molar-refractivity contribution < 1.29 is 9.63 Å². The summed E-state index contributed by atoms with van der Waals surface area (Å²) in [5.74, 6) is 1.08. The zero-order valence-electron chi connectivity index (χ0n) is 11.7. The average molecular weight is 261 g/mol. The van der Waals surface area contributed by atoms with Gasteiger partial charge < -0.3 is 9.63 Å². The number of aromatic nitrogens is 3. The Morgan fingerprint density at radius 1 is 1.32 bits per heavy atom.